The molecule has 0 bridgehead atoms. The fraction of sp³-hybridized carbons (Fsp3) is 0.500. The van der Waals surface area contributed by atoms with E-state index in [0.29, 0.717) is 6.42 Å². The number of anilines is 1. The van der Waals surface area contributed by atoms with E-state index < -0.39 is 14.9 Å². The van der Waals surface area contributed by atoms with E-state index in [4.69, 9.17) is 5.84 Å². The van der Waals surface area contributed by atoms with Gasteiger partial charge in [0.15, 0.2) is 0 Å². The van der Waals surface area contributed by atoms with Gasteiger partial charge in [0.2, 0.25) is 10.0 Å². The van der Waals surface area contributed by atoms with Crippen LogP contribution in [-0.2, 0) is 10.0 Å². The maximum Gasteiger partial charge on any atom is 0.271 e. The van der Waals surface area contributed by atoms with Crippen molar-refractivity contribution in [3.63, 3.8) is 0 Å². The zero-order valence-electron chi connectivity index (χ0n) is 12.2. The Kier molecular flexibility index (Phi) is 5.64. The van der Waals surface area contributed by atoms with E-state index in [-0.39, 0.29) is 28.2 Å². The fourth-order valence-corrected chi connectivity index (χ4v) is 3.55. The predicted octanol–water partition coefficient (Wildman–Crippen LogP) is 1.59. The van der Waals surface area contributed by atoms with Crippen molar-refractivity contribution >= 4 is 21.4 Å². The molecule has 1 rings (SSSR count). The lowest BCUT2D eigenvalue weighted by atomic mass is 10.0. The number of rotatable bonds is 7. The molecule has 0 saturated carbocycles. The van der Waals surface area contributed by atoms with Gasteiger partial charge in [0.05, 0.1) is 10.6 Å². The molecule has 1 unspecified atom stereocenters. The summed E-state index contributed by atoms with van der Waals surface area (Å²) in [5.74, 6) is 5.40. The Labute approximate surface area is 123 Å². The molecule has 0 heterocycles. The molecule has 0 saturated heterocycles. The van der Waals surface area contributed by atoms with Crippen molar-refractivity contribution in [3.05, 3.63) is 28.3 Å². The molecule has 1 atom stereocenters. The van der Waals surface area contributed by atoms with Crippen LogP contribution < -0.4 is 16.0 Å². The maximum absolute atomic E-state index is 12.4. The fourth-order valence-electron chi connectivity index (χ4n) is 1.93. The minimum absolute atomic E-state index is 0.0182. The molecule has 0 aliphatic heterocycles. The first kappa shape index (κ1) is 17.3. The molecule has 0 fully saturated rings. The summed E-state index contributed by atoms with van der Waals surface area (Å²) in [5.41, 5.74) is 1.94. The highest BCUT2D eigenvalue weighted by Gasteiger charge is 2.25. The second-order valence-electron chi connectivity index (χ2n) is 4.96. The molecule has 0 aliphatic rings. The van der Waals surface area contributed by atoms with Crippen molar-refractivity contribution in [1.29, 1.82) is 0 Å². The van der Waals surface area contributed by atoms with Crippen LogP contribution >= 0.6 is 0 Å². The number of hydrazine groups is 1. The lowest BCUT2D eigenvalue weighted by molar-refractivity contribution is -0.384. The molecule has 9 heteroatoms. The number of nitro benzene ring substituents is 1. The number of sulfonamides is 1. The number of nitrogens with one attached hydrogen (secondary N) is 2. The van der Waals surface area contributed by atoms with Crippen molar-refractivity contribution in [3.8, 4) is 0 Å². The van der Waals surface area contributed by atoms with Crippen molar-refractivity contribution in [2.24, 2.45) is 11.8 Å². The van der Waals surface area contributed by atoms with Crippen LogP contribution in [0.3, 0.4) is 0 Å². The average molecular weight is 316 g/mol. The third-order valence-corrected chi connectivity index (χ3v) is 4.72. The van der Waals surface area contributed by atoms with E-state index in [0.717, 1.165) is 12.1 Å². The number of nitrogen functional groups attached to an aromatic ring is 1. The summed E-state index contributed by atoms with van der Waals surface area (Å²) in [4.78, 5) is 9.98. The average Bonchev–Trinajstić information content (AvgIpc) is 2.43. The highest BCUT2D eigenvalue weighted by Crippen LogP contribution is 2.26. The van der Waals surface area contributed by atoms with Crippen LogP contribution in [0.25, 0.3) is 0 Å². The molecule has 8 nitrogen and oxygen atoms in total. The standard InChI is InChI=1S/C12H20N4O4S/c1-4-10(8(2)3)15-21(19,20)12-6-5-9(16(17)18)7-11(12)14-13/h5-8,10,14-15H,4,13H2,1-3H3. The second-order valence-corrected chi connectivity index (χ2v) is 6.64. The summed E-state index contributed by atoms with van der Waals surface area (Å²) in [6, 6.07) is 3.16. The van der Waals surface area contributed by atoms with Crippen LogP contribution in [-0.4, -0.2) is 19.4 Å². The van der Waals surface area contributed by atoms with Crippen LogP contribution in [0.4, 0.5) is 11.4 Å². The molecule has 118 valence electrons. The summed E-state index contributed by atoms with van der Waals surface area (Å²) < 4.78 is 27.4. The van der Waals surface area contributed by atoms with Gasteiger partial charge in [-0.05, 0) is 18.4 Å². The van der Waals surface area contributed by atoms with Gasteiger partial charge in [0, 0.05) is 18.2 Å². The molecule has 0 aliphatic carbocycles. The third kappa shape index (κ3) is 4.13. The monoisotopic (exact) mass is 316 g/mol. The van der Waals surface area contributed by atoms with Gasteiger partial charge in [-0.2, -0.15) is 0 Å². The molecule has 21 heavy (non-hydrogen) atoms. The van der Waals surface area contributed by atoms with Crippen LogP contribution in [0.2, 0.25) is 0 Å². The SMILES string of the molecule is CCC(NS(=O)(=O)c1ccc([N+](=O)[O-])cc1NN)C(C)C. The molecule has 4 N–H and O–H groups in total. The van der Waals surface area contributed by atoms with Crippen LogP contribution in [0.5, 0.6) is 0 Å². The van der Waals surface area contributed by atoms with E-state index in [1.54, 1.807) is 0 Å². The van der Waals surface area contributed by atoms with Gasteiger partial charge in [-0.3, -0.25) is 16.0 Å². The highest BCUT2D eigenvalue weighted by atomic mass is 32.2. The van der Waals surface area contributed by atoms with Gasteiger partial charge < -0.3 is 5.43 Å². The van der Waals surface area contributed by atoms with Gasteiger partial charge in [0.25, 0.3) is 5.69 Å². The van der Waals surface area contributed by atoms with E-state index in [1.807, 2.05) is 20.8 Å². The largest absolute Gasteiger partial charge is 0.323 e. The van der Waals surface area contributed by atoms with Gasteiger partial charge in [-0.1, -0.05) is 20.8 Å². The summed E-state index contributed by atoms with van der Waals surface area (Å²) >= 11 is 0. The molecule has 0 amide bonds. The van der Waals surface area contributed by atoms with Crippen molar-refractivity contribution in [1.82, 2.24) is 4.72 Å². The molecule has 0 radical (unpaired) electrons. The number of nitro groups is 1. The molecule has 1 aromatic carbocycles. The lowest BCUT2D eigenvalue weighted by Gasteiger charge is -2.21. The molecule has 1 aromatic rings. The number of hydrogen-bond donors (Lipinski definition) is 3. The van der Waals surface area contributed by atoms with Gasteiger partial charge >= 0.3 is 0 Å². The predicted molar refractivity (Wildman–Crippen MR) is 80.1 cm³/mol. The topological polar surface area (TPSA) is 127 Å². The summed E-state index contributed by atoms with van der Waals surface area (Å²) in [7, 11) is -3.82. The lowest BCUT2D eigenvalue weighted by Crippen LogP contribution is -2.38. The van der Waals surface area contributed by atoms with Gasteiger partial charge in [-0.15, -0.1) is 0 Å². The Morgan fingerprint density at radius 1 is 1.38 bits per heavy atom. The molecular weight excluding hydrogens is 296 g/mol. The molecule has 0 spiro atoms. The van der Waals surface area contributed by atoms with Crippen molar-refractivity contribution < 1.29 is 13.3 Å². The quantitative estimate of drug-likeness (QED) is 0.398. The maximum atomic E-state index is 12.4. The first-order chi connectivity index (χ1) is 9.72. The highest BCUT2D eigenvalue weighted by molar-refractivity contribution is 7.89. The first-order valence-electron chi connectivity index (χ1n) is 6.50. The Morgan fingerprint density at radius 2 is 2.00 bits per heavy atom. The van der Waals surface area contributed by atoms with E-state index in [9.17, 15) is 18.5 Å². The van der Waals surface area contributed by atoms with Crippen LogP contribution in [0.1, 0.15) is 27.2 Å². The number of nitrogens with two attached hydrogens (primary N) is 1. The van der Waals surface area contributed by atoms with Gasteiger partial charge in [0.1, 0.15) is 4.90 Å². The Balaban J connectivity index is 3.22. The number of hydrogen-bond acceptors (Lipinski definition) is 6. The van der Waals surface area contributed by atoms with Crippen LogP contribution in [0, 0.1) is 16.0 Å². The zero-order chi connectivity index (χ0) is 16.2. The smallest absolute Gasteiger partial charge is 0.271 e. The van der Waals surface area contributed by atoms with Crippen molar-refractivity contribution in [2.75, 3.05) is 5.43 Å². The number of benzene rings is 1. The Hall–Kier alpha value is -1.71. The number of nitrogens with zero attached hydrogens (tertiary/aromatic N) is 1. The van der Waals surface area contributed by atoms with E-state index >= 15 is 0 Å². The summed E-state index contributed by atoms with van der Waals surface area (Å²) in [5, 5.41) is 10.7. The molecule has 0 aromatic heterocycles. The number of non-ortho nitro benzene ring substituents is 1. The molecular formula is C12H20N4O4S. The Morgan fingerprint density at radius 3 is 2.43 bits per heavy atom. The minimum Gasteiger partial charge on any atom is -0.323 e. The Bertz CT molecular complexity index is 616. The second kappa shape index (κ2) is 6.83. The zero-order valence-corrected chi connectivity index (χ0v) is 13.0. The van der Waals surface area contributed by atoms with E-state index in [1.165, 1.54) is 6.07 Å². The van der Waals surface area contributed by atoms with Crippen molar-refractivity contribution in [2.45, 2.75) is 38.1 Å². The third-order valence-electron chi connectivity index (χ3n) is 3.17. The summed E-state index contributed by atoms with van der Waals surface area (Å²) in [6.07, 6.45) is 0.634. The summed E-state index contributed by atoms with van der Waals surface area (Å²) in [6.45, 7) is 5.70. The minimum atomic E-state index is -3.82. The van der Waals surface area contributed by atoms with Crippen LogP contribution in [0.15, 0.2) is 23.1 Å². The normalized spacial score (nSPS) is 13.2. The first-order valence-corrected chi connectivity index (χ1v) is 7.98. The van der Waals surface area contributed by atoms with Gasteiger partial charge in [-0.25, -0.2) is 13.1 Å². The van der Waals surface area contributed by atoms with E-state index in [2.05, 4.69) is 10.1 Å².